The van der Waals surface area contributed by atoms with Gasteiger partial charge in [0.05, 0.1) is 11.9 Å². The lowest BCUT2D eigenvalue weighted by Crippen LogP contribution is -2.32. The van der Waals surface area contributed by atoms with E-state index in [0.717, 1.165) is 19.1 Å². The van der Waals surface area contributed by atoms with Crippen LogP contribution in [0.5, 0.6) is 0 Å². The van der Waals surface area contributed by atoms with Crippen LogP contribution in [0.25, 0.3) is 0 Å². The zero-order chi connectivity index (χ0) is 18.3. The van der Waals surface area contributed by atoms with Crippen molar-refractivity contribution in [1.29, 1.82) is 0 Å². The van der Waals surface area contributed by atoms with Crippen molar-refractivity contribution < 1.29 is 17.6 Å². The largest absolute Gasteiger partial charge is 0.352 e. The van der Waals surface area contributed by atoms with Crippen LogP contribution in [0.2, 0.25) is 0 Å². The minimum atomic E-state index is -3.49. The normalized spacial score (nSPS) is 14.7. The highest BCUT2D eigenvalue weighted by molar-refractivity contribution is 7.92. The third kappa shape index (κ3) is 6.49. The summed E-state index contributed by atoms with van der Waals surface area (Å²) >= 11 is 0. The molecule has 0 aliphatic heterocycles. The molecule has 0 bridgehead atoms. The van der Waals surface area contributed by atoms with Crippen LogP contribution in [0.1, 0.15) is 38.5 Å². The monoisotopic (exact) mass is 368 g/mol. The van der Waals surface area contributed by atoms with Crippen LogP contribution >= 0.6 is 0 Å². The van der Waals surface area contributed by atoms with Gasteiger partial charge >= 0.3 is 0 Å². The third-order valence-electron chi connectivity index (χ3n) is 4.18. The molecule has 0 unspecified atom stereocenters. The minimum absolute atomic E-state index is 0.0842. The molecule has 0 aromatic heterocycles. The number of hydrogen-bond donors (Lipinski definition) is 1. The van der Waals surface area contributed by atoms with Crippen molar-refractivity contribution in [3.63, 3.8) is 0 Å². The average molecular weight is 368 g/mol. The van der Waals surface area contributed by atoms with Crippen LogP contribution in [0.4, 0.5) is 10.1 Å². The van der Waals surface area contributed by atoms with Gasteiger partial charge in [0.15, 0.2) is 0 Å². The predicted molar refractivity (Wildman–Crippen MR) is 97.4 cm³/mol. The van der Waals surface area contributed by atoms with Gasteiger partial charge in [0.2, 0.25) is 15.9 Å². The smallest absolute Gasteiger partial charge is 0.232 e. The van der Waals surface area contributed by atoms with Gasteiger partial charge in [0, 0.05) is 19.5 Å². The summed E-state index contributed by atoms with van der Waals surface area (Å²) in [4.78, 5) is 11.9. The first-order chi connectivity index (χ1) is 11.9. The Kier molecular flexibility index (Phi) is 6.99. The lowest BCUT2D eigenvalue weighted by Gasteiger charge is -2.22. The summed E-state index contributed by atoms with van der Waals surface area (Å²) in [5, 5.41) is 2.89. The molecule has 1 aliphatic carbocycles. The van der Waals surface area contributed by atoms with E-state index in [1.807, 2.05) is 0 Å². The van der Waals surface area contributed by atoms with Gasteiger partial charge in [-0.1, -0.05) is 11.6 Å². The Morgan fingerprint density at radius 3 is 2.56 bits per heavy atom. The molecule has 1 aromatic rings. The third-order valence-corrected chi connectivity index (χ3v) is 5.37. The van der Waals surface area contributed by atoms with Crippen LogP contribution in [0.3, 0.4) is 0 Å². The second-order valence-electron chi connectivity index (χ2n) is 6.30. The van der Waals surface area contributed by atoms with Crippen molar-refractivity contribution in [2.24, 2.45) is 0 Å². The fourth-order valence-corrected chi connectivity index (χ4v) is 3.81. The highest BCUT2D eigenvalue weighted by Gasteiger charge is 2.17. The van der Waals surface area contributed by atoms with E-state index in [0.29, 0.717) is 18.7 Å². The van der Waals surface area contributed by atoms with Gasteiger partial charge in [-0.15, -0.1) is 0 Å². The molecule has 138 valence electrons. The van der Waals surface area contributed by atoms with Gasteiger partial charge in [-0.25, -0.2) is 12.8 Å². The summed E-state index contributed by atoms with van der Waals surface area (Å²) in [5.41, 5.74) is 1.67. The molecule has 7 heteroatoms. The molecule has 0 atom stereocenters. The van der Waals surface area contributed by atoms with Gasteiger partial charge in [0.25, 0.3) is 0 Å². The molecule has 25 heavy (non-hydrogen) atoms. The van der Waals surface area contributed by atoms with E-state index in [1.165, 1.54) is 47.0 Å². The van der Waals surface area contributed by atoms with E-state index in [9.17, 15) is 17.6 Å². The molecule has 1 amide bonds. The number of sulfonamides is 1. The molecule has 2 rings (SSSR count). The van der Waals surface area contributed by atoms with E-state index >= 15 is 0 Å². The second kappa shape index (κ2) is 8.99. The first-order valence-electron chi connectivity index (χ1n) is 8.54. The number of hydrogen-bond acceptors (Lipinski definition) is 3. The van der Waals surface area contributed by atoms with E-state index in [1.54, 1.807) is 0 Å². The molecule has 0 heterocycles. The van der Waals surface area contributed by atoms with E-state index in [-0.39, 0.29) is 18.9 Å². The molecule has 0 spiro atoms. The Morgan fingerprint density at radius 2 is 1.96 bits per heavy atom. The summed E-state index contributed by atoms with van der Waals surface area (Å²) in [6, 6.07) is 5.29. The van der Waals surface area contributed by atoms with Crippen LogP contribution in [-0.4, -0.2) is 33.7 Å². The Hall–Kier alpha value is -1.89. The number of anilines is 1. The molecule has 1 aromatic carbocycles. The lowest BCUT2D eigenvalue weighted by molar-refractivity contribution is -0.120. The van der Waals surface area contributed by atoms with Crippen molar-refractivity contribution in [2.45, 2.75) is 38.5 Å². The molecule has 0 saturated heterocycles. The number of rotatable bonds is 8. The highest BCUT2D eigenvalue weighted by atomic mass is 32.2. The minimum Gasteiger partial charge on any atom is -0.352 e. The highest BCUT2D eigenvalue weighted by Crippen LogP contribution is 2.19. The lowest BCUT2D eigenvalue weighted by atomic mass is 10.00. The Bertz CT molecular complexity index is 714. The first kappa shape index (κ1) is 19.4. The van der Waals surface area contributed by atoms with Crippen molar-refractivity contribution in [2.75, 3.05) is 23.7 Å². The van der Waals surface area contributed by atoms with Crippen LogP contribution in [-0.2, 0) is 14.8 Å². The number of amides is 1. The van der Waals surface area contributed by atoms with Crippen molar-refractivity contribution >= 4 is 21.6 Å². The topological polar surface area (TPSA) is 66.5 Å². The number of nitrogens with one attached hydrogen (secondary N) is 1. The van der Waals surface area contributed by atoms with E-state index in [2.05, 4.69) is 11.4 Å². The van der Waals surface area contributed by atoms with Crippen LogP contribution < -0.4 is 9.62 Å². The fourth-order valence-electron chi connectivity index (χ4n) is 2.84. The molecule has 0 fully saturated rings. The molecule has 1 N–H and O–H groups in total. The molecular weight excluding hydrogens is 343 g/mol. The zero-order valence-corrected chi connectivity index (χ0v) is 15.3. The number of halogens is 1. The maximum absolute atomic E-state index is 13.0. The summed E-state index contributed by atoms with van der Waals surface area (Å²) in [5.74, 6) is -0.507. The van der Waals surface area contributed by atoms with Gasteiger partial charge in [0.1, 0.15) is 5.82 Å². The average Bonchev–Trinajstić information content (AvgIpc) is 2.58. The zero-order valence-electron chi connectivity index (χ0n) is 14.5. The molecule has 0 radical (unpaired) electrons. The van der Waals surface area contributed by atoms with E-state index < -0.39 is 15.8 Å². The van der Waals surface area contributed by atoms with Crippen molar-refractivity contribution in [1.82, 2.24) is 5.32 Å². The summed E-state index contributed by atoms with van der Waals surface area (Å²) in [7, 11) is -3.49. The molecule has 5 nitrogen and oxygen atoms in total. The molecular formula is C18H25FN2O3S. The van der Waals surface area contributed by atoms with E-state index in [4.69, 9.17) is 0 Å². The van der Waals surface area contributed by atoms with Crippen LogP contribution in [0.15, 0.2) is 35.9 Å². The standard InChI is InChI=1S/C18H25FN2O3S/c1-25(23,24)21(17-11-9-16(19)10-12-17)13-5-8-18(22)20-14-15-6-3-2-4-7-15/h6,9-12H,2-5,7-8,13-14H2,1H3,(H,20,22). The Labute approximate surface area is 149 Å². The van der Waals surface area contributed by atoms with Gasteiger partial charge < -0.3 is 5.32 Å². The maximum atomic E-state index is 13.0. The van der Waals surface area contributed by atoms with Crippen LogP contribution in [0, 0.1) is 5.82 Å². The number of allylic oxidation sites excluding steroid dienone is 1. The SMILES string of the molecule is CS(=O)(=O)N(CCCC(=O)NCC1=CCCCC1)c1ccc(F)cc1. The van der Waals surface area contributed by atoms with Gasteiger partial charge in [-0.2, -0.15) is 0 Å². The van der Waals surface area contributed by atoms with Gasteiger partial charge in [-0.3, -0.25) is 9.10 Å². The second-order valence-corrected chi connectivity index (χ2v) is 8.21. The first-order valence-corrected chi connectivity index (χ1v) is 10.4. The summed E-state index contributed by atoms with van der Waals surface area (Å²) < 4.78 is 38.1. The van der Waals surface area contributed by atoms with Gasteiger partial charge in [-0.05, 0) is 56.4 Å². The number of benzene rings is 1. The maximum Gasteiger partial charge on any atom is 0.232 e. The predicted octanol–water partition coefficient (Wildman–Crippen LogP) is 2.99. The summed E-state index contributed by atoms with van der Waals surface area (Å²) in [6.45, 7) is 0.757. The summed E-state index contributed by atoms with van der Waals surface area (Å²) in [6.07, 6.45) is 8.43. The fraction of sp³-hybridized carbons (Fsp3) is 0.500. The quantitative estimate of drug-likeness (QED) is 0.718. The molecule has 0 saturated carbocycles. The van der Waals surface area contributed by atoms with Crippen molar-refractivity contribution in [3.8, 4) is 0 Å². The number of carbonyl (C=O) groups is 1. The van der Waals surface area contributed by atoms with Crippen molar-refractivity contribution in [3.05, 3.63) is 41.7 Å². The Balaban J connectivity index is 1.83. The number of nitrogens with zero attached hydrogens (tertiary/aromatic N) is 1. The number of carbonyl (C=O) groups excluding carboxylic acids is 1. The Morgan fingerprint density at radius 1 is 1.24 bits per heavy atom. The molecule has 1 aliphatic rings.